The van der Waals surface area contributed by atoms with Gasteiger partial charge < -0.3 is 16.2 Å². The van der Waals surface area contributed by atoms with Crippen molar-refractivity contribution < 1.29 is 9.90 Å². The summed E-state index contributed by atoms with van der Waals surface area (Å²) in [7, 11) is 0. The molecule has 88 valence electrons. The largest absolute Gasteiger partial charge is 0.391 e. The zero-order valence-corrected chi connectivity index (χ0v) is 9.41. The predicted octanol–water partition coefficient (Wildman–Crippen LogP) is 0.391. The number of rotatable bonds is 5. The second-order valence-electron chi connectivity index (χ2n) is 4.39. The van der Waals surface area contributed by atoms with Gasteiger partial charge in [-0.1, -0.05) is 19.8 Å². The van der Waals surface area contributed by atoms with Crippen LogP contribution in [0.4, 0.5) is 0 Å². The minimum Gasteiger partial charge on any atom is -0.391 e. The van der Waals surface area contributed by atoms with Crippen molar-refractivity contribution in [2.24, 2.45) is 11.7 Å². The van der Waals surface area contributed by atoms with Crippen LogP contribution in [0.1, 0.15) is 39.0 Å². The third-order valence-corrected chi connectivity index (χ3v) is 3.04. The molecule has 1 aliphatic carbocycles. The molecule has 0 bridgehead atoms. The molecule has 0 heterocycles. The van der Waals surface area contributed by atoms with Crippen LogP contribution in [0.25, 0.3) is 0 Å². The molecule has 4 heteroatoms. The van der Waals surface area contributed by atoms with Crippen LogP contribution in [0.3, 0.4) is 0 Å². The highest BCUT2D eigenvalue weighted by Crippen LogP contribution is 2.23. The minimum atomic E-state index is -0.420. The Morgan fingerprint density at radius 3 is 2.87 bits per heavy atom. The number of nitrogens with one attached hydrogen (secondary N) is 1. The molecule has 1 amide bonds. The number of carbonyl (C=O) groups excluding carboxylic acids is 1. The van der Waals surface area contributed by atoms with E-state index in [1.54, 1.807) is 0 Å². The van der Waals surface area contributed by atoms with Gasteiger partial charge in [0.2, 0.25) is 5.91 Å². The van der Waals surface area contributed by atoms with E-state index >= 15 is 0 Å². The number of carbonyl (C=O) groups is 1. The van der Waals surface area contributed by atoms with Crippen LogP contribution in [0.15, 0.2) is 0 Å². The summed E-state index contributed by atoms with van der Waals surface area (Å²) in [6, 6.07) is 0.00770. The molecule has 0 spiro atoms. The normalized spacial score (nSPS) is 27.7. The first-order valence-electron chi connectivity index (χ1n) is 5.86. The number of nitrogens with two attached hydrogens (primary N) is 1. The number of aliphatic hydroxyl groups is 1. The number of hydrogen-bond donors (Lipinski definition) is 3. The quantitative estimate of drug-likeness (QED) is 0.619. The average molecular weight is 214 g/mol. The van der Waals surface area contributed by atoms with E-state index in [0.717, 1.165) is 32.1 Å². The summed E-state index contributed by atoms with van der Waals surface area (Å²) in [5, 5.41) is 12.2. The maximum Gasteiger partial charge on any atom is 0.224 e. The van der Waals surface area contributed by atoms with Crippen LogP contribution >= 0.6 is 0 Å². The van der Waals surface area contributed by atoms with E-state index < -0.39 is 6.10 Å². The molecule has 15 heavy (non-hydrogen) atoms. The molecule has 3 unspecified atom stereocenters. The molecular weight excluding hydrogens is 192 g/mol. The second kappa shape index (κ2) is 6.08. The molecule has 1 rings (SSSR count). The maximum atomic E-state index is 11.7. The molecule has 0 aromatic carbocycles. The van der Waals surface area contributed by atoms with E-state index in [-0.39, 0.29) is 17.9 Å². The van der Waals surface area contributed by atoms with Gasteiger partial charge in [0.15, 0.2) is 0 Å². The van der Waals surface area contributed by atoms with E-state index in [0.29, 0.717) is 6.54 Å². The molecule has 1 fully saturated rings. The third kappa shape index (κ3) is 3.80. The third-order valence-electron chi connectivity index (χ3n) is 3.04. The molecule has 1 aliphatic rings. The Labute approximate surface area is 91.2 Å². The second-order valence-corrected chi connectivity index (χ2v) is 4.39. The van der Waals surface area contributed by atoms with Crippen molar-refractivity contribution in [1.82, 2.24) is 5.32 Å². The lowest BCUT2D eigenvalue weighted by atomic mass is 10.0. The Balaban J connectivity index is 2.23. The van der Waals surface area contributed by atoms with Crippen molar-refractivity contribution >= 4 is 5.91 Å². The first-order chi connectivity index (χ1) is 7.15. The van der Waals surface area contributed by atoms with E-state index in [4.69, 9.17) is 5.73 Å². The first-order valence-corrected chi connectivity index (χ1v) is 5.86. The van der Waals surface area contributed by atoms with Crippen LogP contribution in [-0.2, 0) is 4.79 Å². The Morgan fingerprint density at radius 1 is 1.60 bits per heavy atom. The van der Waals surface area contributed by atoms with Gasteiger partial charge in [0.25, 0.3) is 0 Å². The average Bonchev–Trinajstić information content (AvgIpc) is 2.61. The summed E-state index contributed by atoms with van der Waals surface area (Å²) in [4.78, 5) is 11.7. The Kier molecular flexibility index (Phi) is 5.05. The van der Waals surface area contributed by atoms with Crippen LogP contribution in [-0.4, -0.2) is 29.7 Å². The zero-order chi connectivity index (χ0) is 11.3. The molecule has 0 saturated heterocycles. The van der Waals surface area contributed by atoms with Crippen LogP contribution in [0.2, 0.25) is 0 Å². The SMILES string of the molecule is CCCC(O)CNC(=O)C1CCCC1N. The Hall–Kier alpha value is -0.610. The summed E-state index contributed by atoms with van der Waals surface area (Å²) >= 11 is 0. The highest BCUT2D eigenvalue weighted by molar-refractivity contribution is 5.79. The van der Waals surface area contributed by atoms with E-state index in [2.05, 4.69) is 5.32 Å². The molecule has 3 atom stereocenters. The van der Waals surface area contributed by atoms with Gasteiger partial charge in [-0.25, -0.2) is 0 Å². The van der Waals surface area contributed by atoms with Gasteiger partial charge in [0, 0.05) is 12.6 Å². The summed E-state index contributed by atoms with van der Waals surface area (Å²) < 4.78 is 0. The Morgan fingerprint density at radius 2 is 2.33 bits per heavy atom. The van der Waals surface area contributed by atoms with Gasteiger partial charge >= 0.3 is 0 Å². The fraction of sp³-hybridized carbons (Fsp3) is 0.909. The van der Waals surface area contributed by atoms with Gasteiger partial charge in [-0.2, -0.15) is 0 Å². The van der Waals surface area contributed by atoms with E-state index in [1.165, 1.54) is 0 Å². The van der Waals surface area contributed by atoms with Crippen molar-refractivity contribution in [3.8, 4) is 0 Å². The highest BCUT2D eigenvalue weighted by Gasteiger charge is 2.30. The number of hydrogen-bond acceptors (Lipinski definition) is 3. The maximum absolute atomic E-state index is 11.7. The van der Waals surface area contributed by atoms with Crippen LogP contribution < -0.4 is 11.1 Å². The van der Waals surface area contributed by atoms with Gasteiger partial charge in [-0.05, 0) is 19.3 Å². The molecule has 0 aromatic heterocycles. The molecule has 0 radical (unpaired) electrons. The summed E-state index contributed by atoms with van der Waals surface area (Å²) in [6.07, 6.45) is 4.11. The zero-order valence-electron chi connectivity index (χ0n) is 9.41. The lowest BCUT2D eigenvalue weighted by molar-refractivity contribution is -0.125. The molecule has 4 nitrogen and oxygen atoms in total. The summed E-state index contributed by atoms with van der Waals surface area (Å²) in [5.41, 5.74) is 5.82. The number of aliphatic hydroxyl groups excluding tert-OH is 1. The lowest BCUT2D eigenvalue weighted by Gasteiger charge is -2.17. The van der Waals surface area contributed by atoms with Crippen molar-refractivity contribution in [1.29, 1.82) is 0 Å². The first kappa shape index (κ1) is 12.5. The van der Waals surface area contributed by atoms with E-state index in [9.17, 15) is 9.90 Å². The van der Waals surface area contributed by atoms with Gasteiger partial charge in [0.1, 0.15) is 0 Å². The van der Waals surface area contributed by atoms with Gasteiger partial charge in [-0.15, -0.1) is 0 Å². The van der Waals surface area contributed by atoms with Crippen molar-refractivity contribution in [3.63, 3.8) is 0 Å². The monoisotopic (exact) mass is 214 g/mol. The Bertz CT molecular complexity index is 209. The van der Waals surface area contributed by atoms with Crippen molar-refractivity contribution in [2.45, 2.75) is 51.2 Å². The topological polar surface area (TPSA) is 75.3 Å². The highest BCUT2D eigenvalue weighted by atomic mass is 16.3. The molecule has 0 aromatic rings. The fourth-order valence-corrected chi connectivity index (χ4v) is 2.10. The standard InChI is InChI=1S/C11H22N2O2/c1-2-4-8(14)7-13-11(15)9-5-3-6-10(9)12/h8-10,14H,2-7,12H2,1H3,(H,13,15). The molecule has 0 aliphatic heterocycles. The van der Waals surface area contributed by atoms with Crippen LogP contribution in [0, 0.1) is 5.92 Å². The van der Waals surface area contributed by atoms with Gasteiger partial charge in [-0.3, -0.25) is 4.79 Å². The van der Waals surface area contributed by atoms with Crippen LogP contribution in [0.5, 0.6) is 0 Å². The fourth-order valence-electron chi connectivity index (χ4n) is 2.10. The summed E-state index contributed by atoms with van der Waals surface area (Å²) in [5.74, 6) is -0.0334. The van der Waals surface area contributed by atoms with Crippen molar-refractivity contribution in [2.75, 3.05) is 6.54 Å². The molecule has 1 saturated carbocycles. The predicted molar refractivity (Wildman–Crippen MR) is 59.2 cm³/mol. The molecular formula is C11H22N2O2. The lowest BCUT2D eigenvalue weighted by Crippen LogP contribution is -2.41. The minimum absolute atomic E-state index is 0.00770. The molecule has 4 N–H and O–H groups in total. The van der Waals surface area contributed by atoms with Gasteiger partial charge in [0.05, 0.1) is 12.0 Å². The van der Waals surface area contributed by atoms with E-state index in [1.807, 2.05) is 6.92 Å². The van der Waals surface area contributed by atoms with Crippen molar-refractivity contribution in [3.05, 3.63) is 0 Å². The smallest absolute Gasteiger partial charge is 0.224 e. The number of amides is 1. The summed E-state index contributed by atoms with van der Waals surface area (Å²) in [6.45, 7) is 2.37.